The molecule has 3 N–H and O–H groups in total. The second-order valence-electron chi connectivity index (χ2n) is 4.04. The minimum atomic E-state index is -4.49. The van der Waals surface area contributed by atoms with Gasteiger partial charge in [0.05, 0.1) is 5.69 Å². The van der Waals surface area contributed by atoms with E-state index in [0.717, 1.165) is 31.9 Å². The van der Waals surface area contributed by atoms with Gasteiger partial charge >= 0.3 is 6.18 Å². The van der Waals surface area contributed by atoms with E-state index in [1.54, 1.807) is 0 Å². The number of halogens is 3. The molecule has 0 aliphatic carbocycles. The average molecular weight is 246 g/mol. The number of hydrogen-bond acceptors (Lipinski definition) is 4. The zero-order chi connectivity index (χ0) is 12.5. The van der Waals surface area contributed by atoms with E-state index in [2.05, 4.69) is 15.3 Å². The second kappa shape index (κ2) is 4.48. The van der Waals surface area contributed by atoms with Crippen molar-refractivity contribution in [1.29, 1.82) is 0 Å². The van der Waals surface area contributed by atoms with Crippen LogP contribution in [0.25, 0.3) is 0 Å². The van der Waals surface area contributed by atoms with E-state index in [-0.39, 0.29) is 12.0 Å². The smallest absolute Gasteiger partial charge is 0.368 e. The van der Waals surface area contributed by atoms with Gasteiger partial charge in [0.25, 0.3) is 0 Å². The van der Waals surface area contributed by atoms with Crippen LogP contribution in [0.1, 0.15) is 36.7 Å². The molecule has 2 rings (SSSR count). The first-order chi connectivity index (χ1) is 7.97. The van der Waals surface area contributed by atoms with E-state index in [4.69, 9.17) is 5.73 Å². The van der Waals surface area contributed by atoms with E-state index in [0.29, 0.717) is 5.69 Å². The summed E-state index contributed by atoms with van der Waals surface area (Å²) < 4.78 is 37.6. The molecule has 4 nitrogen and oxygen atoms in total. The Morgan fingerprint density at radius 3 is 2.65 bits per heavy atom. The van der Waals surface area contributed by atoms with Gasteiger partial charge in [-0.3, -0.25) is 0 Å². The summed E-state index contributed by atoms with van der Waals surface area (Å²) in [5.41, 5.74) is 4.66. The molecule has 7 heteroatoms. The topological polar surface area (TPSA) is 63.8 Å². The van der Waals surface area contributed by atoms with Gasteiger partial charge in [0.1, 0.15) is 5.69 Å². The third-order valence-electron chi connectivity index (χ3n) is 2.72. The molecule has 1 aliphatic heterocycles. The van der Waals surface area contributed by atoms with Crippen molar-refractivity contribution in [2.45, 2.75) is 31.5 Å². The van der Waals surface area contributed by atoms with E-state index in [1.807, 2.05) is 0 Å². The van der Waals surface area contributed by atoms with Gasteiger partial charge in [-0.05, 0) is 25.5 Å². The van der Waals surface area contributed by atoms with Gasteiger partial charge in [-0.2, -0.15) is 13.2 Å². The van der Waals surface area contributed by atoms with Gasteiger partial charge in [-0.1, -0.05) is 6.42 Å². The van der Waals surface area contributed by atoms with Crippen molar-refractivity contribution >= 4 is 5.95 Å². The van der Waals surface area contributed by atoms with Crippen molar-refractivity contribution < 1.29 is 13.2 Å². The fourth-order valence-corrected chi connectivity index (χ4v) is 1.91. The zero-order valence-corrected chi connectivity index (χ0v) is 9.09. The predicted octanol–water partition coefficient (Wildman–Crippen LogP) is 1.89. The van der Waals surface area contributed by atoms with Gasteiger partial charge in [-0.25, -0.2) is 9.97 Å². The number of nitrogens with one attached hydrogen (secondary N) is 1. The molecular formula is C10H13F3N4. The number of anilines is 1. The summed E-state index contributed by atoms with van der Waals surface area (Å²) in [7, 11) is 0. The van der Waals surface area contributed by atoms with Crippen molar-refractivity contribution in [3.05, 3.63) is 17.5 Å². The lowest BCUT2D eigenvalue weighted by Crippen LogP contribution is -2.28. The van der Waals surface area contributed by atoms with Crippen LogP contribution in [0.15, 0.2) is 6.07 Å². The first kappa shape index (κ1) is 12.1. The van der Waals surface area contributed by atoms with Crippen LogP contribution in [0.2, 0.25) is 0 Å². The third kappa shape index (κ3) is 2.85. The molecule has 94 valence electrons. The minimum absolute atomic E-state index is 0.157. The Balaban J connectivity index is 2.31. The molecule has 1 aliphatic rings. The van der Waals surface area contributed by atoms with Crippen LogP contribution in [-0.4, -0.2) is 16.5 Å². The number of nitrogens with two attached hydrogens (primary N) is 1. The maximum absolute atomic E-state index is 12.5. The SMILES string of the molecule is Nc1nc([C@H]2CCCCN2)cc(C(F)(F)F)n1. The summed E-state index contributed by atoms with van der Waals surface area (Å²) in [5.74, 6) is -0.331. The predicted molar refractivity (Wildman–Crippen MR) is 56.0 cm³/mol. The number of hydrogen-bond donors (Lipinski definition) is 2. The highest BCUT2D eigenvalue weighted by Crippen LogP contribution is 2.30. The highest BCUT2D eigenvalue weighted by Gasteiger charge is 2.34. The molecule has 1 aromatic heterocycles. The molecule has 1 atom stereocenters. The minimum Gasteiger partial charge on any atom is -0.368 e. The standard InChI is InChI=1S/C10H13F3N4/c11-10(12,13)8-5-7(16-9(14)17-8)6-3-1-2-4-15-6/h5-6,15H,1-4H2,(H2,14,16,17)/t6-/m1/s1. The molecule has 0 saturated carbocycles. The normalized spacial score (nSPS) is 21.5. The van der Waals surface area contributed by atoms with Crippen molar-refractivity contribution in [2.75, 3.05) is 12.3 Å². The first-order valence-electron chi connectivity index (χ1n) is 5.42. The van der Waals surface area contributed by atoms with Crippen LogP contribution < -0.4 is 11.1 Å². The Hall–Kier alpha value is -1.37. The molecule has 0 bridgehead atoms. The number of alkyl halides is 3. The fraction of sp³-hybridized carbons (Fsp3) is 0.600. The molecule has 0 radical (unpaired) electrons. The molecule has 0 unspecified atom stereocenters. The lowest BCUT2D eigenvalue weighted by atomic mass is 10.0. The number of nitrogens with zero attached hydrogens (tertiary/aromatic N) is 2. The summed E-state index contributed by atoms with van der Waals surface area (Å²) >= 11 is 0. The van der Waals surface area contributed by atoms with Crippen LogP contribution in [0.3, 0.4) is 0 Å². The molecule has 1 aromatic rings. The van der Waals surface area contributed by atoms with Gasteiger partial charge in [0.15, 0.2) is 0 Å². The second-order valence-corrected chi connectivity index (χ2v) is 4.04. The molecule has 0 spiro atoms. The summed E-state index contributed by atoms with van der Waals surface area (Å²) in [6.07, 6.45) is -1.71. The highest BCUT2D eigenvalue weighted by atomic mass is 19.4. The third-order valence-corrected chi connectivity index (χ3v) is 2.72. The van der Waals surface area contributed by atoms with Crippen LogP contribution in [0.5, 0.6) is 0 Å². The fourth-order valence-electron chi connectivity index (χ4n) is 1.91. The summed E-state index contributed by atoms with van der Waals surface area (Å²) in [4.78, 5) is 7.09. The van der Waals surface area contributed by atoms with Gasteiger partial charge in [0.2, 0.25) is 5.95 Å². The molecule has 1 fully saturated rings. The Morgan fingerprint density at radius 1 is 1.29 bits per heavy atom. The molecular weight excluding hydrogens is 233 g/mol. The monoisotopic (exact) mass is 246 g/mol. The molecule has 0 amide bonds. The summed E-state index contributed by atoms with van der Waals surface area (Å²) in [6.45, 7) is 0.788. The molecule has 2 heterocycles. The first-order valence-corrected chi connectivity index (χ1v) is 5.42. The van der Waals surface area contributed by atoms with Crippen LogP contribution in [-0.2, 0) is 6.18 Å². The quantitative estimate of drug-likeness (QED) is 0.794. The van der Waals surface area contributed by atoms with E-state index < -0.39 is 11.9 Å². The van der Waals surface area contributed by atoms with Gasteiger partial charge in [-0.15, -0.1) is 0 Å². The zero-order valence-electron chi connectivity index (χ0n) is 9.09. The Morgan fingerprint density at radius 2 is 2.06 bits per heavy atom. The van der Waals surface area contributed by atoms with Gasteiger partial charge in [0, 0.05) is 6.04 Å². The Kier molecular flexibility index (Phi) is 3.19. The highest BCUT2D eigenvalue weighted by molar-refractivity contribution is 5.26. The van der Waals surface area contributed by atoms with Crippen molar-refractivity contribution in [2.24, 2.45) is 0 Å². The van der Waals surface area contributed by atoms with Gasteiger partial charge < -0.3 is 11.1 Å². The van der Waals surface area contributed by atoms with E-state index in [9.17, 15) is 13.2 Å². The number of nitrogen functional groups attached to an aromatic ring is 1. The summed E-state index contributed by atoms with van der Waals surface area (Å²) in [5, 5.41) is 3.13. The largest absolute Gasteiger partial charge is 0.433 e. The Bertz CT molecular complexity index is 399. The summed E-state index contributed by atoms with van der Waals surface area (Å²) in [6, 6.07) is 0.814. The Labute approximate surface area is 96.4 Å². The van der Waals surface area contributed by atoms with E-state index in [1.165, 1.54) is 0 Å². The van der Waals surface area contributed by atoms with E-state index >= 15 is 0 Å². The van der Waals surface area contributed by atoms with Crippen molar-refractivity contribution in [1.82, 2.24) is 15.3 Å². The molecule has 1 saturated heterocycles. The van der Waals surface area contributed by atoms with Crippen molar-refractivity contribution in [3.63, 3.8) is 0 Å². The maximum Gasteiger partial charge on any atom is 0.433 e. The number of rotatable bonds is 1. The lowest BCUT2D eigenvalue weighted by molar-refractivity contribution is -0.141. The molecule has 0 aromatic carbocycles. The number of aromatic nitrogens is 2. The van der Waals surface area contributed by atoms with Crippen molar-refractivity contribution in [3.8, 4) is 0 Å². The average Bonchev–Trinajstić information content (AvgIpc) is 2.28. The molecule has 17 heavy (non-hydrogen) atoms. The van der Waals surface area contributed by atoms with Crippen LogP contribution in [0, 0.1) is 0 Å². The lowest BCUT2D eigenvalue weighted by Gasteiger charge is -2.23. The van der Waals surface area contributed by atoms with Crippen LogP contribution in [0.4, 0.5) is 19.1 Å². The number of piperidine rings is 1. The maximum atomic E-state index is 12.5. The van der Waals surface area contributed by atoms with Crippen LogP contribution >= 0.6 is 0 Å².